The number of hydrogen-bond acceptors (Lipinski definition) is 4. The van der Waals surface area contributed by atoms with Crippen LogP contribution in [0.4, 0.5) is 0 Å². The van der Waals surface area contributed by atoms with Crippen LogP contribution in [0.25, 0.3) is 11.0 Å². The van der Waals surface area contributed by atoms with E-state index in [1.165, 1.54) is 0 Å². The molecular formula is C20H25N5O. The van der Waals surface area contributed by atoms with Crippen LogP contribution in [0, 0.1) is 33.6 Å². The molecule has 136 valence electrons. The summed E-state index contributed by atoms with van der Waals surface area (Å²) < 4.78 is 1.99. The Kier molecular flexibility index (Phi) is 5.02. The number of rotatable bonds is 5. The molecule has 0 spiro atoms. The largest absolute Gasteiger partial charge is 0.352 e. The Hall–Kier alpha value is -2.76. The van der Waals surface area contributed by atoms with E-state index in [1.807, 2.05) is 38.4 Å². The average Bonchev–Trinajstić information content (AvgIpc) is 2.90. The number of carbonyl (C=O) groups is 1. The summed E-state index contributed by atoms with van der Waals surface area (Å²) in [6, 6.07) is 7.51. The molecule has 6 heteroatoms. The first-order chi connectivity index (χ1) is 12.3. The molecule has 0 saturated heterocycles. The van der Waals surface area contributed by atoms with Crippen LogP contribution in [0.3, 0.4) is 0 Å². The third-order valence-electron chi connectivity index (χ3n) is 4.54. The molecule has 0 aliphatic rings. The molecule has 6 nitrogen and oxygen atoms in total. The van der Waals surface area contributed by atoms with E-state index < -0.39 is 0 Å². The van der Waals surface area contributed by atoms with Crippen LogP contribution in [0.2, 0.25) is 0 Å². The van der Waals surface area contributed by atoms with Gasteiger partial charge in [0.2, 0.25) is 0 Å². The number of hydrogen-bond donors (Lipinski definition) is 1. The van der Waals surface area contributed by atoms with Crippen molar-refractivity contribution >= 4 is 16.9 Å². The van der Waals surface area contributed by atoms with Crippen LogP contribution in [-0.2, 0) is 6.54 Å². The van der Waals surface area contributed by atoms with E-state index in [9.17, 15) is 4.79 Å². The quantitative estimate of drug-likeness (QED) is 0.766. The molecule has 1 amide bonds. The Morgan fingerprint density at radius 3 is 2.42 bits per heavy atom. The monoisotopic (exact) mass is 351 g/mol. The highest BCUT2D eigenvalue weighted by Crippen LogP contribution is 2.14. The number of aryl methyl sites for hydroxylation is 4. The maximum Gasteiger partial charge on any atom is 0.251 e. The molecule has 1 aromatic carbocycles. The Labute approximate surface area is 153 Å². The molecule has 0 radical (unpaired) electrons. The maximum absolute atomic E-state index is 12.5. The molecule has 2 heterocycles. The highest BCUT2D eigenvalue weighted by atomic mass is 16.1. The molecule has 3 aromatic rings. The van der Waals surface area contributed by atoms with Crippen LogP contribution in [0.5, 0.6) is 0 Å². The smallest absolute Gasteiger partial charge is 0.251 e. The summed E-state index contributed by atoms with van der Waals surface area (Å²) in [5, 5.41) is 7.48. The van der Waals surface area contributed by atoms with Gasteiger partial charge in [-0.2, -0.15) is 5.10 Å². The normalized spacial score (nSPS) is 12.3. The van der Waals surface area contributed by atoms with Gasteiger partial charge in [-0.05, 0) is 57.9 Å². The highest BCUT2D eigenvalue weighted by molar-refractivity contribution is 5.97. The van der Waals surface area contributed by atoms with Crippen molar-refractivity contribution in [1.82, 2.24) is 25.1 Å². The lowest BCUT2D eigenvalue weighted by Crippen LogP contribution is -2.30. The fraction of sp³-hybridized carbons (Fsp3) is 0.400. The number of nitrogens with zero attached hydrogens (tertiary/aromatic N) is 4. The third kappa shape index (κ3) is 3.90. The molecule has 1 atom stereocenters. The van der Waals surface area contributed by atoms with E-state index in [0.717, 1.165) is 40.4 Å². The fourth-order valence-electron chi connectivity index (χ4n) is 2.96. The summed E-state index contributed by atoms with van der Waals surface area (Å²) in [5.74, 6) is 0.189. The molecule has 0 aliphatic carbocycles. The maximum atomic E-state index is 12.5. The van der Waals surface area contributed by atoms with Gasteiger partial charge in [0, 0.05) is 24.3 Å². The first-order valence-corrected chi connectivity index (χ1v) is 8.87. The summed E-state index contributed by atoms with van der Waals surface area (Å²) in [6.45, 7) is 11.4. The van der Waals surface area contributed by atoms with Gasteiger partial charge in [0.1, 0.15) is 0 Å². The van der Waals surface area contributed by atoms with Crippen molar-refractivity contribution in [2.24, 2.45) is 5.92 Å². The van der Waals surface area contributed by atoms with Gasteiger partial charge in [0.25, 0.3) is 5.91 Å². The zero-order valence-electron chi connectivity index (χ0n) is 16.0. The van der Waals surface area contributed by atoms with Gasteiger partial charge in [0.05, 0.1) is 28.1 Å². The summed E-state index contributed by atoms with van der Waals surface area (Å²) >= 11 is 0. The average molecular weight is 351 g/mol. The zero-order chi connectivity index (χ0) is 18.8. The van der Waals surface area contributed by atoms with E-state index in [2.05, 4.69) is 33.4 Å². The van der Waals surface area contributed by atoms with Crippen molar-refractivity contribution < 1.29 is 4.79 Å². The minimum atomic E-state index is -0.0906. The van der Waals surface area contributed by atoms with Gasteiger partial charge in [-0.25, -0.2) is 9.97 Å². The number of nitrogens with one attached hydrogen (secondary N) is 1. The first-order valence-electron chi connectivity index (χ1n) is 8.87. The summed E-state index contributed by atoms with van der Waals surface area (Å²) in [4.78, 5) is 21.5. The Morgan fingerprint density at radius 1 is 1.08 bits per heavy atom. The van der Waals surface area contributed by atoms with Crippen LogP contribution < -0.4 is 5.32 Å². The van der Waals surface area contributed by atoms with Gasteiger partial charge < -0.3 is 5.32 Å². The lowest BCUT2D eigenvalue weighted by atomic mass is 10.1. The minimum Gasteiger partial charge on any atom is -0.352 e. The Morgan fingerprint density at radius 2 is 1.77 bits per heavy atom. The third-order valence-corrected chi connectivity index (χ3v) is 4.54. The molecule has 0 aliphatic heterocycles. The topological polar surface area (TPSA) is 72.7 Å². The predicted molar refractivity (Wildman–Crippen MR) is 102 cm³/mol. The molecule has 2 aromatic heterocycles. The van der Waals surface area contributed by atoms with E-state index >= 15 is 0 Å². The number of aromatic nitrogens is 4. The van der Waals surface area contributed by atoms with Gasteiger partial charge in [-0.15, -0.1) is 0 Å². The van der Waals surface area contributed by atoms with Crippen LogP contribution >= 0.6 is 0 Å². The second kappa shape index (κ2) is 7.23. The van der Waals surface area contributed by atoms with Crippen LogP contribution in [0.15, 0.2) is 24.3 Å². The van der Waals surface area contributed by atoms with Gasteiger partial charge in [-0.3, -0.25) is 9.48 Å². The molecule has 1 unspecified atom stereocenters. The van der Waals surface area contributed by atoms with E-state index in [4.69, 9.17) is 0 Å². The van der Waals surface area contributed by atoms with Gasteiger partial charge in [-0.1, -0.05) is 6.92 Å². The van der Waals surface area contributed by atoms with Gasteiger partial charge in [0.15, 0.2) is 0 Å². The van der Waals surface area contributed by atoms with E-state index in [0.29, 0.717) is 12.1 Å². The standard InChI is InChI=1S/C20H25N5O/c1-12(11-25-14(3)8-13(2)24-25)10-21-20(26)17-6-7-18-19(9-17)23-16(5)15(4)22-18/h6-9,12H,10-11H2,1-5H3,(H,21,26). The lowest BCUT2D eigenvalue weighted by molar-refractivity contribution is 0.0946. The van der Waals surface area contributed by atoms with Crippen molar-refractivity contribution in [3.63, 3.8) is 0 Å². The van der Waals surface area contributed by atoms with Crippen molar-refractivity contribution in [3.05, 3.63) is 52.6 Å². The van der Waals surface area contributed by atoms with Crippen LogP contribution in [0.1, 0.15) is 40.1 Å². The minimum absolute atomic E-state index is 0.0906. The molecule has 1 N–H and O–H groups in total. The van der Waals surface area contributed by atoms with Crippen molar-refractivity contribution in [2.75, 3.05) is 6.54 Å². The predicted octanol–water partition coefficient (Wildman–Crippen LogP) is 3.13. The zero-order valence-corrected chi connectivity index (χ0v) is 16.0. The van der Waals surface area contributed by atoms with Crippen LogP contribution in [-0.4, -0.2) is 32.2 Å². The Balaban J connectivity index is 1.65. The Bertz CT molecular complexity index is 960. The van der Waals surface area contributed by atoms with Crippen molar-refractivity contribution in [1.29, 1.82) is 0 Å². The lowest BCUT2D eigenvalue weighted by Gasteiger charge is -2.14. The summed E-state index contributed by atoms with van der Waals surface area (Å²) in [5.41, 5.74) is 6.11. The van der Waals surface area contributed by atoms with Gasteiger partial charge >= 0.3 is 0 Å². The molecule has 3 rings (SSSR count). The van der Waals surface area contributed by atoms with E-state index in [-0.39, 0.29) is 11.8 Å². The summed E-state index contributed by atoms with van der Waals surface area (Å²) in [7, 11) is 0. The fourth-order valence-corrected chi connectivity index (χ4v) is 2.96. The first kappa shape index (κ1) is 18.0. The summed E-state index contributed by atoms with van der Waals surface area (Å²) in [6.07, 6.45) is 0. The number of benzene rings is 1. The number of fused-ring (bicyclic) bond motifs is 1. The van der Waals surface area contributed by atoms with E-state index in [1.54, 1.807) is 12.1 Å². The molecular weight excluding hydrogens is 326 g/mol. The second-order valence-electron chi connectivity index (χ2n) is 7.02. The van der Waals surface area contributed by atoms with Crippen molar-refractivity contribution in [2.45, 2.75) is 41.2 Å². The number of amides is 1. The molecule has 0 bridgehead atoms. The number of carbonyl (C=O) groups excluding carboxylic acids is 1. The highest BCUT2D eigenvalue weighted by Gasteiger charge is 2.12. The van der Waals surface area contributed by atoms with Crippen molar-refractivity contribution in [3.8, 4) is 0 Å². The molecule has 0 saturated carbocycles. The second-order valence-corrected chi connectivity index (χ2v) is 7.02. The molecule has 0 fully saturated rings. The SMILES string of the molecule is Cc1cc(C)n(CC(C)CNC(=O)c2ccc3nc(C)c(C)nc3c2)n1. The molecule has 26 heavy (non-hydrogen) atoms.